The highest BCUT2D eigenvalue weighted by molar-refractivity contribution is 7.20. The van der Waals surface area contributed by atoms with Gasteiger partial charge in [0.25, 0.3) is 0 Å². The van der Waals surface area contributed by atoms with Gasteiger partial charge in [0.05, 0.1) is 27.5 Å². The molecule has 1 unspecified atom stereocenters. The molecule has 3 heterocycles. The zero-order valence-electron chi connectivity index (χ0n) is 20.1. The van der Waals surface area contributed by atoms with Crippen LogP contribution in [0.4, 0.5) is 0 Å². The molecule has 10 heteroatoms. The standard InChI is InChI=1S/C28H19N7O2S/c1-16(36)31-23(13-29)20-14-30-27(19-7-3-2-6-18(19)20)17-10-11-26-22(12-17)32-28(38-26)25(37)15-35-24-9-5-4-8-21(24)33-34-35/h2-12,14,23H,15H2,1H3,(H,31,36). The van der Waals surface area contributed by atoms with Gasteiger partial charge in [-0.25, -0.2) is 9.67 Å². The lowest BCUT2D eigenvalue weighted by molar-refractivity contribution is -0.119. The van der Waals surface area contributed by atoms with Crippen LogP contribution in [0.3, 0.4) is 0 Å². The van der Waals surface area contributed by atoms with Crippen molar-refractivity contribution in [1.82, 2.24) is 30.3 Å². The van der Waals surface area contributed by atoms with E-state index in [2.05, 4.69) is 31.7 Å². The third kappa shape index (κ3) is 4.15. The number of amides is 1. The smallest absolute Gasteiger partial charge is 0.218 e. The number of thiazole rings is 1. The molecule has 1 atom stereocenters. The van der Waals surface area contributed by atoms with Crippen LogP contribution in [0.25, 0.3) is 43.3 Å². The predicted molar refractivity (Wildman–Crippen MR) is 144 cm³/mol. The first-order chi connectivity index (χ1) is 18.5. The van der Waals surface area contributed by atoms with Crippen molar-refractivity contribution < 1.29 is 9.59 Å². The van der Waals surface area contributed by atoms with Gasteiger partial charge in [0, 0.05) is 29.6 Å². The number of rotatable bonds is 6. The van der Waals surface area contributed by atoms with E-state index in [0.29, 0.717) is 16.1 Å². The number of pyridine rings is 1. The third-order valence-electron chi connectivity index (χ3n) is 6.23. The highest BCUT2D eigenvalue weighted by atomic mass is 32.1. The molecule has 0 aliphatic rings. The number of nitrogens with one attached hydrogen (secondary N) is 1. The quantitative estimate of drug-likeness (QED) is 0.313. The number of ketones is 1. The average molecular weight is 518 g/mol. The molecule has 1 amide bonds. The van der Waals surface area contributed by atoms with Crippen LogP contribution in [0.15, 0.2) is 72.9 Å². The van der Waals surface area contributed by atoms with E-state index in [4.69, 9.17) is 0 Å². The van der Waals surface area contributed by atoms with E-state index in [1.807, 2.05) is 66.7 Å². The second-order valence-corrected chi connectivity index (χ2v) is 9.76. The number of carbonyl (C=O) groups is 2. The molecule has 3 aromatic heterocycles. The summed E-state index contributed by atoms with van der Waals surface area (Å²) in [5, 5.41) is 22.6. The van der Waals surface area contributed by atoms with Crippen LogP contribution >= 0.6 is 11.3 Å². The molecule has 184 valence electrons. The molecule has 0 aliphatic carbocycles. The van der Waals surface area contributed by atoms with Crippen molar-refractivity contribution in [2.45, 2.75) is 19.5 Å². The first kappa shape index (κ1) is 23.4. The van der Waals surface area contributed by atoms with Gasteiger partial charge in [0.1, 0.15) is 18.1 Å². The SMILES string of the molecule is CC(=O)NC(C#N)c1cnc(-c2ccc3sc(C(=O)Cn4nnc5ccccc54)nc3c2)c2ccccc12. The maximum atomic E-state index is 13.1. The Kier molecular flexibility index (Phi) is 5.82. The number of hydrogen-bond donors (Lipinski definition) is 1. The summed E-state index contributed by atoms with van der Waals surface area (Å²) in [7, 11) is 0. The molecule has 0 radical (unpaired) electrons. The molecule has 3 aromatic carbocycles. The van der Waals surface area contributed by atoms with Gasteiger partial charge in [0.2, 0.25) is 11.7 Å². The minimum atomic E-state index is -0.810. The highest BCUT2D eigenvalue weighted by Crippen LogP contribution is 2.34. The van der Waals surface area contributed by atoms with E-state index in [0.717, 1.165) is 37.8 Å². The number of aromatic nitrogens is 5. The molecule has 6 rings (SSSR count). The number of nitriles is 1. The lowest BCUT2D eigenvalue weighted by atomic mass is 9.97. The summed E-state index contributed by atoms with van der Waals surface area (Å²) in [5.41, 5.74) is 4.41. The molecular weight excluding hydrogens is 498 g/mol. The average Bonchev–Trinajstić information content (AvgIpc) is 3.55. The molecule has 6 aromatic rings. The first-order valence-corrected chi connectivity index (χ1v) is 12.6. The molecular formula is C28H19N7O2S. The van der Waals surface area contributed by atoms with Gasteiger partial charge >= 0.3 is 0 Å². The molecule has 0 fully saturated rings. The van der Waals surface area contributed by atoms with Crippen LogP contribution < -0.4 is 5.32 Å². The number of carbonyl (C=O) groups excluding carboxylic acids is 2. The van der Waals surface area contributed by atoms with Crippen molar-refractivity contribution in [3.63, 3.8) is 0 Å². The molecule has 0 saturated carbocycles. The summed E-state index contributed by atoms with van der Waals surface area (Å²) in [6, 6.07) is 22.3. The van der Waals surface area contributed by atoms with E-state index < -0.39 is 6.04 Å². The van der Waals surface area contributed by atoms with Crippen molar-refractivity contribution in [2.24, 2.45) is 0 Å². The van der Waals surface area contributed by atoms with Crippen LogP contribution in [0.5, 0.6) is 0 Å². The van der Waals surface area contributed by atoms with E-state index in [9.17, 15) is 14.9 Å². The van der Waals surface area contributed by atoms with E-state index >= 15 is 0 Å². The summed E-state index contributed by atoms with van der Waals surface area (Å²) in [6.45, 7) is 1.43. The molecule has 9 nitrogen and oxygen atoms in total. The van der Waals surface area contributed by atoms with Crippen molar-refractivity contribution in [3.8, 4) is 17.3 Å². The normalized spacial score (nSPS) is 12.0. The fourth-order valence-electron chi connectivity index (χ4n) is 4.49. The van der Waals surface area contributed by atoms with Crippen LogP contribution in [0.2, 0.25) is 0 Å². The molecule has 0 spiro atoms. The van der Waals surface area contributed by atoms with Crippen LogP contribution in [-0.4, -0.2) is 36.7 Å². The fourth-order valence-corrected chi connectivity index (χ4v) is 5.37. The number of hydrogen-bond acceptors (Lipinski definition) is 8. The van der Waals surface area contributed by atoms with Crippen LogP contribution in [0, 0.1) is 11.3 Å². The van der Waals surface area contributed by atoms with Gasteiger partial charge in [-0.1, -0.05) is 47.7 Å². The fraction of sp³-hybridized carbons (Fsp3) is 0.107. The number of nitrogens with zero attached hydrogens (tertiary/aromatic N) is 6. The number of benzene rings is 3. The Balaban J connectivity index is 1.35. The Hall–Kier alpha value is -5.01. The number of Topliss-reactive ketones (excluding diaryl/α,β-unsaturated/α-hetero) is 1. The minimum absolute atomic E-state index is 0.0508. The van der Waals surface area contributed by atoms with Gasteiger partial charge in [-0.2, -0.15) is 5.26 Å². The summed E-state index contributed by atoms with van der Waals surface area (Å²) in [5.74, 6) is -0.433. The Labute approximate surface area is 220 Å². The lowest BCUT2D eigenvalue weighted by Gasteiger charge is -2.15. The minimum Gasteiger partial charge on any atom is -0.337 e. The number of fused-ring (bicyclic) bond motifs is 3. The summed E-state index contributed by atoms with van der Waals surface area (Å²) in [4.78, 5) is 34.0. The van der Waals surface area contributed by atoms with E-state index in [-0.39, 0.29) is 18.2 Å². The molecule has 0 saturated heterocycles. The van der Waals surface area contributed by atoms with E-state index in [1.165, 1.54) is 18.3 Å². The monoisotopic (exact) mass is 517 g/mol. The molecule has 0 bridgehead atoms. The molecule has 0 aliphatic heterocycles. The Morgan fingerprint density at radius 2 is 1.84 bits per heavy atom. The van der Waals surface area contributed by atoms with Crippen molar-refractivity contribution in [3.05, 3.63) is 83.5 Å². The topological polar surface area (TPSA) is 126 Å². The van der Waals surface area contributed by atoms with E-state index in [1.54, 1.807) is 10.9 Å². The van der Waals surface area contributed by atoms with Crippen molar-refractivity contribution >= 4 is 55.0 Å². The maximum Gasteiger partial charge on any atom is 0.218 e. The predicted octanol–water partition coefficient (Wildman–Crippen LogP) is 4.84. The summed E-state index contributed by atoms with van der Waals surface area (Å²) in [6.07, 6.45) is 1.63. The Morgan fingerprint density at radius 1 is 1.05 bits per heavy atom. The molecule has 38 heavy (non-hydrogen) atoms. The first-order valence-electron chi connectivity index (χ1n) is 11.8. The number of para-hydroxylation sites is 1. The third-order valence-corrected chi connectivity index (χ3v) is 7.30. The van der Waals surface area contributed by atoms with Crippen LogP contribution in [-0.2, 0) is 11.3 Å². The maximum absolute atomic E-state index is 13.1. The van der Waals surface area contributed by atoms with Gasteiger partial charge in [-0.05, 0) is 29.7 Å². The van der Waals surface area contributed by atoms with Gasteiger partial charge in [-0.3, -0.25) is 14.6 Å². The van der Waals surface area contributed by atoms with Gasteiger partial charge in [0.15, 0.2) is 5.01 Å². The van der Waals surface area contributed by atoms with Crippen molar-refractivity contribution in [1.29, 1.82) is 5.26 Å². The molecule has 1 N–H and O–H groups in total. The highest BCUT2D eigenvalue weighted by Gasteiger charge is 2.19. The van der Waals surface area contributed by atoms with Crippen molar-refractivity contribution in [2.75, 3.05) is 0 Å². The second-order valence-electron chi connectivity index (χ2n) is 8.73. The summed E-state index contributed by atoms with van der Waals surface area (Å²) >= 11 is 1.34. The Bertz CT molecular complexity index is 1920. The van der Waals surface area contributed by atoms with Gasteiger partial charge in [-0.15, -0.1) is 16.4 Å². The lowest BCUT2D eigenvalue weighted by Crippen LogP contribution is -2.25. The zero-order chi connectivity index (χ0) is 26.2. The largest absolute Gasteiger partial charge is 0.337 e. The van der Waals surface area contributed by atoms with Crippen LogP contribution in [0.1, 0.15) is 28.3 Å². The summed E-state index contributed by atoms with van der Waals surface area (Å²) < 4.78 is 2.47. The zero-order valence-corrected chi connectivity index (χ0v) is 20.9. The van der Waals surface area contributed by atoms with Gasteiger partial charge < -0.3 is 5.32 Å². The Morgan fingerprint density at radius 3 is 2.66 bits per heavy atom. The second kappa shape index (κ2) is 9.46.